The molecular weight excluding hydrogens is 366 g/mol. The highest BCUT2D eigenvalue weighted by Crippen LogP contribution is 2.14. The zero-order chi connectivity index (χ0) is 20.8. The first-order valence-electron chi connectivity index (χ1n) is 8.89. The van der Waals surface area contributed by atoms with Gasteiger partial charge >= 0.3 is 5.97 Å². The van der Waals surface area contributed by atoms with Crippen LogP contribution in [0.4, 0.5) is 0 Å². The summed E-state index contributed by atoms with van der Waals surface area (Å²) in [4.78, 5) is 51.7. The molecule has 28 heavy (non-hydrogen) atoms. The van der Waals surface area contributed by atoms with Gasteiger partial charge in [-0.25, -0.2) is 0 Å². The number of amides is 3. The van der Waals surface area contributed by atoms with Crippen LogP contribution < -0.4 is 0 Å². The minimum Gasteiger partial charge on any atom is -0.480 e. The van der Waals surface area contributed by atoms with Gasteiger partial charge in [-0.1, -0.05) is 6.07 Å². The lowest BCUT2D eigenvalue weighted by Crippen LogP contribution is -2.51. The third-order valence-corrected chi connectivity index (χ3v) is 4.38. The molecule has 0 saturated carbocycles. The van der Waals surface area contributed by atoms with Crippen molar-refractivity contribution in [1.82, 2.24) is 14.7 Å². The van der Waals surface area contributed by atoms with Crippen LogP contribution in [0.5, 0.6) is 0 Å². The number of ether oxygens (including phenoxy) is 1. The lowest BCUT2D eigenvalue weighted by atomic mass is 10.1. The molecule has 1 aliphatic rings. The van der Waals surface area contributed by atoms with Crippen molar-refractivity contribution in [2.45, 2.75) is 13.0 Å². The summed E-state index contributed by atoms with van der Waals surface area (Å²) in [6.45, 7) is 1.85. The summed E-state index contributed by atoms with van der Waals surface area (Å²) in [5.74, 6) is -1.92. The molecule has 3 amide bonds. The molecule has 0 aliphatic carbocycles. The number of carbonyl (C=O) groups excluding carboxylic acids is 3. The number of carbonyl (C=O) groups is 4. The number of rotatable bonds is 6. The highest BCUT2D eigenvalue weighted by atomic mass is 16.5. The average molecular weight is 391 g/mol. The summed E-state index contributed by atoms with van der Waals surface area (Å²) in [5.41, 5.74) is 0.812. The summed E-state index contributed by atoms with van der Waals surface area (Å²) in [7, 11) is 3.28. The molecule has 9 heteroatoms. The molecule has 1 fully saturated rings. The van der Waals surface area contributed by atoms with Gasteiger partial charge in [0.15, 0.2) is 0 Å². The molecule has 2 rings (SSSR count). The second-order valence-corrected chi connectivity index (χ2v) is 6.82. The Balaban J connectivity index is 2.08. The topological polar surface area (TPSA) is 107 Å². The van der Waals surface area contributed by atoms with E-state index in [2.05, 4.69) is 0 Å². The quantitative estimate of drug-likeness (QED) is 0.740. The second kappa shape index (κ2) is 9.32. The predicted octanol–water partition coefficient (Wildman–Crippen LogP) is 0.163. The van der Waals surface area contributed by atoms with E-state index in [0.29, 0.717) is 17.7 Å². The van der Waals surface area contributed by atoms with Crippen LogP contribution in [0, 0.1) is 0 Å². The minimum atomic E-state index is -1.11. The highest BCUT2D eigenvalue weighted by molar-refractivity contribution is 5.99. The van der Waals surface area contributed by atoms with Crippen molar-refractivity contribution in [3.05, 3.63) is 35.4 Å². The van der Waals surface area contributed by atoms with Gasteiger partial charge in [0.1, 0.15) is 6.54 Å². The van der Waals surface area contributed by atoms with Gasteiger partial charge in [-0.05, 0) is 18.2 Å². The van der Waals surface area contributed by atoms with Gasteiger partial charge in [0, 0.05) is 51.8 Å². The van der Waals surface area contributed by atoms with Crippen molar-refractivity contribution in [3.63, 3.8) is 0 Å². The zero-order valence-corrected chi connectivity index (χ0v) is 16.3. The number of carboxylic acids is 1. The standard InChI is InChI=1S/C19H25N3O6/c1-13(23)22(12-17(24)25)11-16-10-21(7-8-28-16)19(27)15-6-4-5-14(9-15)18(26)20(2)3/h4-6,9,16H,7-8,10-12H2,1-3H3,(H,24,25). The maximum Gasteiger partial charge on any atom is 0.323 e. The smallest absolute Gasteiger partial charge is 0.323 e. The van der Waals surface area contributed by atoms with E-state index in [4.69, 9.17) is 9.84 Å². The Hall–Kier alpha value is -2.94. The third kappa shape index (κ3) is 5.53. The molecule has 0 radical (unpaired) electrons. The molecule has 1 aromatic rings. The SMILES string of the molecule is CC(=O)N(CC(=O)O)CC1CN(C(=O)c2cccc(C(=O)N(C)C)c2)CCO1. The van der Waals surface area contributed by atoms with Crippen molar-refractivity contribution in [3.8, 4) is 0 Å². The first-order chi connectivity index (χ1) is 13.2. The van der Waals surface area contributed by atoms with Gasteiger partial charge < -0.3 is 24.5 Å². The summed E-state index contributed by atoms with van der Waals surface area (Å²) in [6, 6.07) is 6.51. The van der Waals surface area contributed by atoms with Gasteiger partial charge in [0.2, 0.25) is 5.91 Å². The first-order valence-corrected chi connectivity index (χ1v) is 8.89. The number of hydrogen-bond donors (Lipinski definition) is 1. The molecule has 9 nitrogen and oxygen atoms in total. The van der Waals surface area contributed by atoms with Crippen LogP contribution in [-0.2, 0) is 14.3 Å². The summed E-state index contributed by atoms with van der Waals surface area (Å²) < 4.78 is 5.61. The van der Waals surface area contributed by atoms with Gasteiger partial charge in [-0.15, -0.1) is 0 Å². The third-order valence-electron chi connectivity index (χ3n) is 4.38. The Morgan fingerprint density at radius 3 is 2.50 bits per heavy atom. The zero-order valence-electron chi connectivity index (χ0n) is 16.3. The molecule has 0 spiro atoms. The number of aliphatic carboxylic acids is 1. The Morgan fingerprint density at radius 2 is 1.89 bits per heavy atom. The Bertz CT molecular complexity index is 764. The number of morpholine rings is 1. The van der Waals surface area contributed by atoms with Crippen molar-refractivity contribution >= 4 is 23.7 Å². The van der Waals surface area contributed by atoms with Crippen LogP contribution in [0.3, 0.4) is 0 Å². The molecular formula is C19H25N3O6. The fourth-order valence-corrected chi connectivity index (χ4v) is 2.95. The van der Waals surface area contributed by atoms with E-state index in [9.17, 15) is 19.2 Å². The summed E-state index contributed by atoms with van der Waals surface area (Å²) in [6.07, 6.45) is -0.479. The highest BCUT2D eigenvalue weighted by Gasteiger charge is 2.28. The van der Waals surface area contributed by atoms with E-state index in [1.165, 1.54) is 16.7 Å². The van der Waals surface area contributed by atoms with E-state index in [0.717, 1.165) is 0 Å². The number of carboxylic acid groups (broad SMARTS) is 1. The number of nitrogens with zero attached hydrogens (tertiary/aromatic N) is 3. The first kappa shape index (κ1) is 21.4. The van der Waals surface area contributed by atoms with Crippen molar-refractivity contribution < 1.29 is 29.0 Å². The van der Waals surface area contributed by atoms with Gasteiger partial charge in [-0.3, -0.25) is 19.2 Å². The fraction of sp³-hybridized carbons (Fsp3) is 0.474. The molecule has 1 aliphatic heterocycles. The monoisotopic (exact) mass is 391 g/mol. The maximum absolute atomic E-state index is 12.9. The van der Waals surface area contributed by atoms with E-state index < -0.39 is 18.6 Å². The van der Waals surface area contributed by atoms with Crippen LogP contribution in [0.15, 0.2) is 24.3 Å². The van der Waals surface area contributed by atoms with Crippen molar-refractivity contribution in [2.24, 2.45) is 0 Å². The summed E-state index contributed by atoms with van der Waals surface area (Å²) in [5, 5.41) is 8.93. The van der Waals surface area contributed by atoms with Crippen LogP contribution in [0.2, 0.25) is 0 Å². The number of hydrogen-bond acceptors (Lipinski definition) is 5. The van der Waals surface area contributed by atoms with E-state index in [-0.39, 0.29) is 37.4 Å². The van der Waals surface area contributed by atoms with Gasteiger partial charge in [0.25, 0.3) is 11.8 Å². The molecule has 1 unspecified atom stereocenters. The molecule has 152 valence electrons. The van der Waals surface area contributed by atoms with Crippen molar-refractivity contribution in [1.29, 1.82) is 0 Å². The normalized spacial score (nSPS) is 16.4. The molecule has 0 bridgehead atoms. The van der Waals surface area contributed by atoms with Crippen LogP contribution in [0.1, 0.15) is 27.6 Å². The molecule has 1 aromatic carbocycles. The molecule has 1 atom stereocenters. The van der Waals surface area contributed by atoms with Gasteiger partial charge in [-0.2, -0.15) is 0 Å². The molecule has 1 N–H and O–H groups in total. The Kier molecular flexibility index (Phi) is 7.11. The lowest BCUT2D eigenvalue weighted by Gasteiger charge is -2.35. The summed E-state index contributed by atoms with van der Waals surface area (Å²) >= 11 is 0. The second-order valence-electron chi connectivity index (χ2n) is 6.82. The van der Waals surface area contributed by atoms with Crippen LogP contribution in [0.25, 0.3) is 0 Å². The largest absolute Gasteiger partial charge is 0.480 e. The van der Waals surface area contributed by atoms with E-state index in [1.807, 2.05) is 0 Å². The van der Waals surface area contributed by atoms with Gasteiger partial charge in [0.05, 0.1) is 12.7 Å². The predicted molar refractivity (Wildman–Crippen MR) is 100.0 cm³/mol. The molecule has 1 heterocycles. The lowest BCUT2D eigenvalue weighted by molar-refractivity contribution is -0.145. The molecule has 1 saturated heterocycles. The number of benzene rings is 1. The maximum atomic E-state index is 12.9. The van der Waals surface area contributed by atoms with Crippen LogP contribution >= 0.6 is 0 Å². The molecule has 0 aromatic heterocycles. The van der Waals surface area contributed by atoms with E-state index in [1.54, 1.807) is 43.3 Å². The van der Waals surface area contributed by atoms with Crippen LogP contribution in [-0.4, -0.2) is 96.5 Å². The van der Waals surface area contributed by atoms with Crippen molar-refractivity contribution in [2.75, 3.05) is 46.9 Å². The van der Waals surface area contributed by atoms with E-state index >= 15 is 0 Å². The Morgan fingerprint density at radius 1 is 1.21 bits per heavy atom. The Labute approximate surface area is 163 Å². The fourth-order valence-electron chi connectivity index (χ4n) is 2.95. The average Bonchev–Trinajstić information content (AvgIpc) is 2.66. The minimum absolute atomic E-state index is 0.0879.